The number of piperidine rings is 1. The molecule has 0 aromatic rings. The third kappa shape index (κ3) is 4.56. The number of rotatable bonds is 4. The van der Waals surface area contributed by atoms with Gasteiger partial charge in [0.25, 0.3) is 0 Å². The first-order valence-electron chi connectivity index (χ1n) is 8.04. The van der Waals surface area contributed by atoms with Gasteiger partial charge in [0.15, 0.2) is 6.29 Å². The fourth-order valence-electron chi connectivity index (χ4n) is 3.43. The van der Waals surface area contributed by atoms with Crippen molar-refractivity contribution in [1.82, 2.24) is 4.90 Å². The number of amides is 1. The maximum absolute atomic E-state index is 12.5. The summed E-state index contributed by atoms with van der Waals surface area (Å²) in [5, 5.41) is 10.9. The molecule has 134 valence electrons. The highest BCUT2D eigenvalue weighted by molar-refractivity contribution is 5.69. The molecule has 0 saturated carbocycles. The Morgan fingerprint density at radius 1 is 1.26 bits per heavy atom. The minimum atomic E-state index is -0.936. The number of carbonyl (C=O) groups excluding carboxylic acids is 1. The highest BCUT2D eigenvalue weighted by Gasteiger charge is 2.49. The molecule has 0 aliphatic carbocycles. The predicted octanol–water partition coefficient (Wildman–Crippen LogP) is 1.52. The lowest BCUT2D eigenvalue weighted by molar-refractivity contribution is -0.182. The molecule has 23 heavy (non-hydrogen) atoms. The molecule has 2 bridgehead atoms. The van der Waals surface area contributed by atoms with E-state index < -0.39 is 17.5 Å². The monoisotopic (exact) mass is 331 g/mol. The van der Waals surface area contributed by atoms with Crippen LogP contribution in [0.15, 0.2) is 0 Å². The summed E-state index contributed by atoms with van der Waals surface area (Å²) in [6, 6.07) is -0.395. The van der Waals surface area contributed by atoms with E-state index >= 15 is 0 Å². The minimum Gasteiger partial charge on any atom is -0.444 e. The molecule has 0 radical (unpaired) electrons. The third-order valence-electron chi connectivity index (χ3n) is 4.32. The van der Waals surface area contributed by atoms with E-state index in [2.05, 4.69) is 0 Å². The molecule has 0 aromatic carbocycles. The summed E-state index contributed by atoms with van der Waals surface area (Å²) in [6.45, 7) is 6.35. The summed E-state index contributed by atoms with van der Waals surface area (Å²) in [5.41, 5.74) is -1.48. The van der Waals surface area contributed by atoms with Gasteiger partial charge in [0.1, 0.15) is 5.60 Å². The number of hydrogen-bond acceptors (Lipinski definition) is 6. The highest BCUT2D eigenvalue weighted by atomic mass is 16.7. The zero-order valence-corrected chi connectivity index (χ0v) is 14.7. The quantitative estimate of drug-likeness (QED) is 0.787. The topological polar surface area (TPSA) is 77.5 Å². The zero-order valence-electron chi connectivity index (χ0n) is 14.7. The molecule has 2 rings (SSSR count). The summed E-state index contributed by atoms with van der Waals surface area (Å²) >= 11 is 0. The first kappa shape index (κ1) is 18.4. The van der Waals surface area contributed by atoms with Crippen molar-refractivity contribution in [2.75, 3.05) is 27.4 Å². The average Bonchev–Trinajstić information content (AvgIpc) is 2.41. The lowest BCUT2D eigenvalue weighted by Crippen LogP contribution is -2.64. The Morgan fingerprint density at radius 3 is 2.22 bits per heavy atom. The van der Waals surface area contributed by atoms with Gasteiger partial charge in [0.2, 0.25) is 0 Å². The molecule has 2 heterocycles. The van der Waals surface area contributed by atoms with Crippen LogP contribution in [0.2, 0.25) is 0 Å². The zero-order chi connectivity index (χ0) is 17.3. The Bertz CT molecular complexity index is 403. The van der Waals surface area contributed by atoms with Crippen LogP contribution >= 0.6 is 0 Å². The van der Waals surface area contributed by atoms with E-state index in [0.717, 1.165) is 0 Å². The van der Waals surface area contributed by atoms with Crippen molar-refractivity contribution in [3.8, 4) is 0 Å². The normalized spacial score (nSPS) is 31.3. The summed E-state index contributed by atoms with van der Waals surface area (Å²) in [7, 11) is 3.11. The number of fused-ring (bicyclic) bond motifs is 2. The highest BCUT2D eigenvalue weighted by Crippen LogP contribution is 2.38. The maximum atomic E-state index is 12.5. The van der Waals surface area contributed by atoms with Gasteiger partial charge in [-0.05, 0) is 33.6 Å². The van der Waals surface area contributed by atoms with E-state index in [1.165, 1.54) is 0 Å². The SMILES string of the molecule is COC(CC1(O)CC2COCC(C1)N2C(=O)OC(C)(C)C)OC. The summed E-state index contributed by atoms with van der Waals surface area (Å²) in [6.07, 6.45) is 0.412. The fourth-order valence-corrected chi connectivity index (χ4v) is 3.43. The first-order valence-corrected chi connectivity index (χ1v) is 8.04. The van der Waals surface area contributed by atoms with Crippen LogP contribution in [0.5, 0.6) is 0 Å². The number of carbonyl (C=O) groups is 1. The van der Waals surface area contributed by atoms with Gasteiger partial charge in [-0.15, -0.1) is 0 Å². The van der Waals surface area contributed by atoms with Crippen molar-refractivity contribution in [3.05, 3.63) is 0 Å². The van der Waals surface area contributed by atoms with Crippen LogP contribution in [0, 0.1) is 0 Å². The lowest BCUT2D eigenvalue weighted by Gasteiger charge is -2.51. The molecule has 2 unspecified atom stereocenters. The van der Waals surface area contributed by atoms with Crippen LogP contribution < -0.4 is 0 Å². The Hall–Kier alpha value is -0.890. The van der Waals surface area contributed by atoms with Gasteiger partial charge in [-0.1, -0.05) is 0 Å². The lowest BCUT2D eigenvalue weighted by atomic mass is 9.79. The van der Waals surface area contributed by atoms with Crippen molar-refractivity contribution >= 4 is 6.09 Å². The third-order valence-corrected chi connectivity index (χ3v) is 4.32. The van der Waals surface area contributed by atoms with Crippen LogP contribution in [0.1, 0.15) is 40.0 Å². The number of aliphatic hydroxyl groups is 1. The Balaban J connectivity index is 2.09. The van der Waals surface area contributed by atoms with E-state index in [1.54, 1.807) is 19.1 Å². The molecule has 2 aliphatic rings. The van der Waals surface area contributed by atoms with Crippen LogP contribution in [-0.4, -0.2) is 73.1 Å². The molecule has 1 amide bonds. The molecule has 1 N–H and O–H groups in total. The van der Waals surface area contributed by atoms with Crippen molar-refractivity contribution in [1.29, 1.82) is 0 Å². The van der Waals surface area contributed by atoms with Crippen molar-refractivity contribution in [2.24, 2.45) is 0 Å². The van der Waals surface area contributed by atoms with Gasteiger partial charge in [0, 0.05) is 20.6 Å². The molecular weight excluding hydrogens is 302 g/mol. The predicted molar refractivity (Wildman–Crippen MR) is 83.1 cm³/mol. The van der Waals surface area contributed by atoms with Crippen LogP contribution in [0.4, 0.5) is 4.79 Å². The van der Waals surface area contributed by atoms with Gasteiger partial charge in [0.05, 0.1) is 30.9 Å². The molecule has 0 aromatic heterocycles. The van der Waals surface area contributed by atoms with E-state index in [1.807, 2.05) is 20.8 Å². The Morgan fingerprint density at radius 2 is 1.78 bits per heavy atom. The number of hydrogen-bond donors (Lipinski definition) is 1. The molecule has 7 heteroatoms. The smallest absolute Gasteiger partial charge is 0.410 e. The second kappa shape index (κ2) is 6.93. The molecule has 0 spiro atoms. The molecule has 2 fully saturated rings. The number of morpholine rings is 1. The van der Waals surface area contributed by atoms with Gasteiger partial charge in [-0.25, -0.2) is 4.79 Å². The largest absolute Gasteiger partial charge is 0.444 e. The van der Waals surface area contributed by atoms with Gasteiger partial charge >= 0.3 is 6.09 Å². The van der Waals surface area contributed by atoms with Crippen LogP contribution in [0.25, 0.3) is 0 Å². The summed E-state index contributed by atoms with van der Waals surface area (Å²) in [4.78, 5) is 14.2. The summed E-state index contributed by atoms with van der Waals surface area (Å²) in [5.74, 6) is 0. The maximum Gasteiger partial charge on any atom is 0.410 e. The minimum absolute atomic E-state index is 0.197. The number of ether oxygens (including phenoxy) is 4. The van der Waals surface area contributed by atoms with E-state index in [4.69, 9.17) is 18.9 Å². The molecular formula is C16H29NO6. The number of methoxy groups -OCH3 is 2. The second-order valence-corrected chi connectivity index (χ2v) is 7.47. The molecule has 2 aliphatic heterocycles. The Labute approximate surface area is 137 Å². The summed E-state index contributed by atoms with van der Waals surface area (Å²) < 4.78 is 21.5. The van der Waals surface area contributed by atoms with E-state index in [9.17, 15) is 9.90 Å². The molecule has 7 nitrogen and oxygen atoms in total. The van der Waals surface area contributed by atoms with Crippen molar-refractivity contribution in [2.45, 2.75) is 69.6 Å². The van der Waals surface area contributed by atoms with Crippen molar-refractivity contribution in [3.63, 3.8) is 0 Å². The standard InChI is InChI=1S/C16H29NO6/c1-15(2,3)23-14(18)17-11-6-16(19,8-13(20-4)21-5)7-12(17)10-22-9-11/h11-13,19H,6-10H2,1-5H3. The van der Waals surface area contributed by atoms with Crippen molar-refractivity contribution < 1.29 is 28.8 Å². The average molecular weight is 331 g/mol. The Kier molecular flexibility index (Phi) is 5.56. The fraction of sp³-hybridized carbons (Fsp3) is 0.938. The van der Waals surface area contributed by atoms with Gasteiger partial charge in [-0.3, -0.25) is 4.90 Å². The first-order chi connectivity index (χ1) is 10.7. The molecule has 2 atom stereocenters. The second-order valence-electron chi connectivity index (χ2n) is 7.47. The molecule has 2 saturated heterocycles. The van der Waals surface area contributed by atoms with Crippen LogP contribution in [-0.2, 0) is 18.9 Å². The van der Waals surface area contributed by atoms with Gasteiger partial charge < -0.3 is 24.1 Å². The van der Waals surface area contributed by atoms with E-state index in [0.29, 0.717) is 32.5 Å². The van der Waals surface area contributed by atoms with Gasteiger partial charge in [-0.2, -0.15) is 0 Å². The van der Waals surface area contributed by atoms with Crippen LogP contribution in [0.3, 0.4) is 0 Å². The number of nitrogens with zero attached hydrogens (tertiary/aromatic N) is 1. The van der Waals surface area contributed by atoms with E-state index in [-0.39, 0.29) is 18.2 Å².